The minimum Gasteiger partial charge on any atom is -0.493 e. The molecule has 2 aliphatic rings. The zero-order valence-corrected chi connectivity index (χ0v) is 10.6. The maximum atomic E-state index is 5.88. The zero-order valence-electron chi connectivity index (χ0n) is 10.6. The van der Waals surface area contributed by atoms with Gasteiger partial charge in [-0.25, -0.2) is 0 Å². The van der Waals surface area contributed by atoms with E-state index in [9.17, 15) is 0 Å². The van der Waals surface area contributed by atoms with Crippen LogP contribution in [0.2, 0.25) is 0 Å². The van der Waals surface area contributed by atoms with Gasteiger partial charge in [0.2, 0.25) is 0 Å². The normalized spacial score (nSPS) is 23.7. The van der Waals surface area contributed by atoms with E-state index in [1.54, 1.807) is 7.11 Å². The number of ether oxygens (including phenoxy) is 3. The zero-order chi connectivity index (χ0) is 12.4. The van der Waals surface area contributed by atoms with Crippen LogP contribution in [0.5, 0.6) is 11.5 Å². The fourth-order valence-electron chi connectivity index (χ4n) is 2.13. The van der Waals surface area contributed by atoms with Crippen molar-refractivity contribution in [2.24, 2.45) is 0 Å². The summed E-state index contributed by atoms with van der Waals surface area (Å²) in [7, 11) is 1.67. The van der Waals surface area contributed by atoms with E-state index in [2.05, 4.69) is 17.4 Å². The van der Waals surface area contributed by atoms with Gasteiger partial charge in [0.1, 0.15) is 0 Å². The molecular weight excluding hydrogens is 230 g/mol. The molecular formula is C14H19NO3. The van der Waals surface area contributed by atoms with Crippen LogP contribution in [0.1, 0.15) is 24.5 Å². The van der Waals surface area contributed by atoms with Gasteiger partial charge in [-0.2, -0.15) is 0 Å². The summed E-state index contributed by atoms with van der Waals surface area (Å²) >= 11 is 0. The second-order valence-electron chi connectivity index (χ2n) is 4.79. The van der Waals surface area contributed by atoms with E-state index in [-0.39, 0.29) is 6.10 Å². The quantitative estimate of drug-likeness (QED) is 0.884. The van der Waals surface area contributed by atoms with Crippen molar-refractivity contribution in [2.45, 2.75) is 25.0 Å². The van der Waals surface area contributed by atoms with Gasteiger partial charge < -0.3 is 19.5 Å². The van der Waals surface area contributed by atoms with Gasteiger partial charge in [0, 0.05) is 13.1 Å². The lowest BCUT2D eigenvalue weighted by Crippen LogP contribution is -2.33. The first-order valence-corrected chi connectivity index (χ1v) is 6.54. The molecule has 1 saturated heterocycles. The summed E-state index contributed by atoms with van der Waals surface area (Å²) in [5.41, 5.74) is 1.15. The molecule has 1 aromatic rings. The van der Waals surface area contributed by atoms with Crippen molar-refractivity contribution < 1.29 is 14.2 Å². The van der Waals surface area contributed by atoms with Crippen LogP contribution in [-0.4, -0.2) is 32.9 Å². The highest BCUT2D eigenvalue weighted by molar-refractivity contribution is 5.44. The molecule has 1 aliphatic heterocycles. The Labute approximate surface area is 107 Å². The standard InChI is InChI=1S/C14H19NO3/c1-16-12-5-2-10(14-9-15-6-7-17-14)8-13(12)18-11-3-4-11/h2,5,8,11,14-15H,3-4,6-7,9H2,1H3. The van der Waals surface area contributed by atoms with Gasteiger partial charge in [-0.1, -0.05) is 6.07 Å². The van der Waals surface area contributed by atoms with E-state index in [1.807, 2.05) is 6.07 Å². The number of methoxy groups -OCH3 is 1. The van der Waals surface area contributed by atoms with Crippen molar-refractivity contribution in [1.29, 1.82) is 0 Å². The third-order valence-corrected chi connectivity index (χ3v) is 3.31. The first-order chi connectivity index (χ1) is 8.86. The summed E-state index contributed by atoms with van der Waals surface area (Å²) in [5.74, 6) is 1.64. The van der Waals surface area contributed by atoms with Crippen LogP contribution in [0.4, 0.5) is 0 Å². The molecule has 0 amide bonds. The van der Waals surface area contributed by atoms with Crippen LogP contribution in [-0.2, 0) is 4.74 Å². The smallest absolute Gasteiger partial charge is 0.161 e. The maximum absolute atomic E-state index is 5.88. The van der Waals surface area contributed by atoms with Gasteiger partial charge >= 0.3 is 0 Å². The van der Waals surface area contributed by atoms with Crippen LogP contribution >= 0.6 is 0 Å². The van der Waals surface area contributed by atoms with Crippen molar-refractivity contribution in [3.05, 3.63) is 23.8 Å². The number of rotatable bonds is 4. The Morgan fingerprint density at radius 3 is 2.83 bits per heavy atom. The number of morpholine rings is 1. The number of nitrogens with one attached hydrogen (secondary N) is 1. The molecule has 0 aromatic heterocycles. The number of benzene rings is 1. The van der Waals surface area contributed by atoms with Crippen molar-refractivity contribution in [3.8, 4) is 11.5 Å². The molecule has 0 radical (unpaired) electrons. The molecule has 98 valence electrons. The fourth-order valence-corrected chi connectivity index (χ4v) is 2.13. The average molecular weight is 249 g/mol. The summed E-state index contributed by atoms with van der Waals surface area (Å²) in [4.78, 5) is 0. The highest BCUT2D eigenvalue weighted by atomic mass is 16.5. The molecule has 2 fully saturated rings. The SMILES string of the molecule is COc1ccc(C2CNCCO2)cc1OC1CC1. The molecule has 4 nitrogen and oxygen atoms in total. The van der Waals surface area contributed by atoms with Crippen LogP contribution < -0.4 is 14.8 Å². The molecule has 0 bridgehead atoms. The predicted octanol–water partition coefficient (Wildman–Crippen LogP) is 1.90. The van der Waals surface area contributed by atoms with Gasteiger partial charge in [0.25, 0.3) is 0 Å². The molecule has 1 aromatic carbocycles. The van der Waals surface area contributed by atoms with Crippen molar-refractivity contribution in [2.75, 3.05) is 26.8 Å². The fraction of sp³-hybridized carbons (Fsp3) is 0.571. The third-order valence-electron chi connectivity index (χ3n) is 3.31. The van der Waals surface area contributed by atoms with Crippen molar-refractivity contribution in [3.63, 3.8) is 0 Å². The Hall–Kier alpha value is -1.26. The average Bonchev–Trinajstić information content (AvgIpc) is 3.24. The second-order valence-corrected chi connectivity index (χ2v) is 4.79. The third kappa shape index (κ3) is 2.60. The summed E-state index contributed by atoms with van der Waals surface area (Å²) < 4.78 is 17.0. The molecule has 1 heterocycles. The Bertz CT molecular complexity index is 412. The lowest BCUT2D eigenvalue weighted by Gasteiger charge is -2.24. The Morgan fingerprint density at radius 1 is 1.28 bits per heavy atom. The Balaban J connectivity index is 1.80. The highest BCUT2D eigenvalue weighted by Crippen LogP contribution is 2.36. The molecule has 3 rings (SSSR count). The van der Waals surface area contributed by atoms with E-state index in [0.29, 0.717) is 6.10 Å². The number of hydrogen-bond acceptors (Lipinski definition) is 4. The van der Waals surface area contributed by atoms with Crippen molar-refractivity contribution in [1.82, 2.24) is 5.32 Å². The van der Waals surface area contributed by atoms with E-state index < -0.39 is 0 Å². The van der Waals surface area contributed by atoms with Crippen LogP contribution in [0.25, 0.3) is 0 Å². The lowest BCUT2D eigenvalue weighted by atomic mass is 10.1. The molecule has 4 heteroatoms. The van der Waals surface area contributed by atoms with E-state index in [4.69, 9.17) is 14.2 Å². The van der Waals surface area contributed by atoms with E-state index in [0.717, 1.165) is 49.6 Å². The van der Waals surface area contributed by atoms with Crippen LogP contribution in [0.15, 0.2) is 18.2 Å². The lowest BCUT2D eigenvalue weighted by molar-refractivity contribution is 0.0275. The van der Waals surface area contributed by atoms with E-state index >= 15 is 0 Å². The molecule has 1 saturated carbocycles. The van der Waals surface area contributed by atoms with Gasteiger partial charge in [-0.15, -0.1) is 0 Å². The monoisotopic (exact) mass is 249 g/mol. The van der Waals surface area contributed by atoms with Crippen molar-refractivity contribution >= 4 is 0 Å². The van der Waals surface area contributed by atoms with E-state index in [1.165, 1.54) is 0 Å². The summed E-state index contributed by atoms with van der Waals surface area (Å²) in [5, 5.41) is 3.34. The Morgan fingerprint density at radius 2 is 2.17 bits per heavy atom. The van der Waals surface area contributed by atoms with Gasteiger partial charge in [0.05, 0.1) is 25.9 Å². The molecule has 1 atom stereocenters. The van der Waals surface area contributed by atoms with Gasteiger partial charge in [0.15, 0.2) is 11.5 Å². The van der Waals surface area contributed by atoms with Crippen LogP contribution in [0, 0.1) is 0 Å². The second kappa shape index (κ2) is 5.16. The van der Waals surface area contributed by atoms with Crippen LogP contribution in [0.3, 0.4) is 0 Å². The molecule has 1 N–H and O–H groups in total. The summed E-state index contributed by atoms with van der Waals surface area (Å²) in [6.45, 7) is 2.54. The summed E-state index contributed by atoms with van der Waals surface area (Å²) in [6.07, 6.45) is 2.79. The molecule has 0 spiro atoms. The first kappa shape index (κ1) is 11.8. The molecule has 1 aliphatic carbocycles. The largest absolute Gasteiger partial charge is 0.493 e. The minimum atomic E-state index is 0.117. The highest BCUT2D eigenvalue weighted by Gasteiger charge is 2.26. The summed E-state index contributed by atoms with van der Waals surface area (Å²) in [6, 6.07) is 6.07. The Kier molecular flexibility index (Phi) is 3.39. The predicted molar refractivity (Wildman–Crippen MR) is 68.2 cm³/mol. The maximum Gasteiger partial charge on any atom is 0.161 e. The topological polar surface area (TPSA) is 39.7 Å². The molecule has 18 heavy (non-hydrogen) atoms. The minimum absolute atomic E-state index is 0.117. The molecule has 1 unspecified atom stereocenters. The van der Waals surface area contributed by atoms with Gasteiger partial charge in [-0.3, -0.25) is 0 Å². The van der Waals surface area contributed by atoms with Gasteiger partial charge in [-0.05, 0) is 30.5 Å². The number of hydrogen-bond donors (Lipinski definition) is 1. The first-order valence-electron chi connectivity index (χ1n) is 6.54.